The van der Waals surface area contributed by atoms with E-state index in [2.05, 4.69) is 119 Å². The van der Waals surface area contributed by atoms with Crippen molar-refractivity contribution >= 4 is 7.32 Å². The molecule has 0 saturated heterocycles. The van der Waals surface area contributed by atoms with E-state index in [1.807, 2.05) is 76.2 Å². The third-order valence-electron chi connectivity index (χ3n) is 11.8. The molecule has 0 bridgehead atoms. The van der Waals surface area contributed by atoms with Gasteiger partial charge in [0.15, 0.2) is 0 Å². The van der Waals surface area contributed by atoms with Crippen LogP contribution in [-0.4, -0.2) is 28.7 Å². The lowest BCUT2D eigenvalue weighted by molar-refractivity contribution is 0.304. The minimum Gasteiger partial charge on any atom is -0.496 e. The molecule has 340 valence electrons. The van der Waals surface area contributed by atoms with Crippen LogP contribution in [0.3, 0.4) is 0 Å². The summed E-state index contributed by atoms with van der Waals surface area (Å²) >= 11 is 0. The van der Waals surface area contributed by atoms with Crippen LogP contribution in [0.2, 0.25) is 0 Å². The Labute approximate surface area is 386 Å². The zero-order chi connectivity index (χ0) is 47.6. The number of hydrogen-bond acceptors (Lipinski definition) is 6. The van der Waals surface area contributed by atoms with E-state index in [-0.39, 0.29) is 11.8 Å². The SMILES string of the molecule is COc1c(C(C)C)cc(C)c(C)c1-c1c(C)c(C)cc(C(C)C)c1OB(Oc1ccc(C)cc1C)Oc1ccc(C)cc1C.COc1ccc(C)cc1C.COc1ccc(C)cc1C. The minimum absolute atomic E-state index is 0.187. The fraction of sp³-hybridized carbons (Fsp3) is 0.368. The Bertz CT molecular complexity index is 2430. The van der Waals surface area contributed by atoms with Crippen molar-refractivity contribution in [3.63, 3.8) is 0 Å². The largest absolute Gasteiger partial charge is 0.864 e. The normalized spacial score (nSPS) is 10.7. The molecule has 0 spiro atoms. The Balaban J connectivity index is 0.000000365. The molecule has 64 heavy (non-hydrogen) atoms. The van der Waals surface area contributed by atoms with Crippen LogP contribution in [0, 0.1) is 83.1 Å². The van der Waals surface area contributed by atoms with E-state index in [1.165, 1.54) is 55.6 Å². The molecule has 0 aliphatic rings. The monoisotopic (exact) mass is 865 g/mol. The fourth-order valence-electron chi connectivity index (χ4n) is 7.94. The van der Waals surface area contributed by atoms with Gasteiger partial charge in [0.1, 0.15) is 34.5 Å². The molecular formula is C57H73BO6. The fourth-order valence-corrected chi connectivity index (χ4v) is 7.94. The summed E-state index contributed by atoms with van der Waals surface area (Å²) in [5.74, 6) is 5.47. The van der Waals surface area contributed by atoms with Gasteiger partial charge in [0.25, 0.3) is 0 Å². The molecule has 6 nitrogen and oxygen atoms in total. The number of aryl methyl sites for hydroxylation is 10. The highest BCUT2D eigenvalue weighted by atomic mass is 16.7. The van der Waals surface area contributed by atoms with E-state index in [0.717, 1.165) is 56.4 Å². The highest BCUT2D eigenvalue weighted by molar-refractivity contribution is 6.40. The predicted molar refractivity (Wildman–Crippen MR) is 270 cm³/mol. The van der Waals surface area contributed by atoms with E-state index in [1.54, 1.807) is 21.3 Å². The van der Waals surface area contributed by atoms with Gasteiger partial charge in [-0.05, 0) is 175 Å². The van der Waals surface area contributed by atoms with E-state index in [4.69, 9.17) is 28.2 Å². The highest BCUT2D eigenvalue weighted by Crippen LogP contribution is 2.49. The molecule has 6 aromatic carbocycles. The van der Waals surface area contributed by atoms with Crippen LogP contribution in [0.5, 0.6) is 34.5 Å². The van der Waals surface area contributed by atoms with E-state index < -0.39 is 7.32 Å². The van der Waals surface area contributed by atoms with Crippen LogP contribution in [0.15, 0.2) is 84.9 Å². The summed E-state index contributed by atoms with van der Waals surface area (Å²) < 4.78 is 36.6. The maximum absolute atomic E-state index is 7.00. The predicted octanol–water partition coefficient (Wildman–Crippen LogP) is 15.2. The lowest BCUT2D eigenvalue weighted by atomic mass is 9.83. The molecule has 6 rings (SSSR count). The van der Waals surface area contributed by atoms with Crippen molar-refractivity contribution in [1.82, 2.24) is 0 Å². The van der Waals surface area contributed by atoms with Crippen molar-refractivity contribution < 1.29 is 28.2 Å². The average molecular weight is 865 g/mol. The number of benzene rings is 6. The number of hydrogen-bond donors (Lipinski definition) is 0. The quantitative estimate of drug-likeness (QED) is 0.114. The second-order valence-electron chi connectivity index (χ2n) is 17.9. The zero-order valence-electron chi connectivity index (χ0n) is 42.3. The number of ether oxygens (including phenoxy) is 3. The molecule has 7 heteroatoms. The first-order valence-corrected chi connectivity index (χ1v) is 22.4. The highest BCUT2D eigenvalue weighted by Gasteiger charge is 2.36. The molecule has 0 N–H and O–H groups in total. The molecule has 0 aliphatic carbocycles. The summed E-state index contributed by atoms with van der Waals surface area (Å²) in [6.45, 7) is 34.0. The van der Waals surface area contributed by atoms with Gasteiger partial charge < -0.3 is 28.2 Å². The molecule has 0 aromatic heterocycles. The van der Waals surface area contributed by atoms with Crippen molar-refractivity contribution in [3.05, 3.63) is 163 Å². The Morgan fingerprint density at radius 1 is 0.344 bits per heavy atom. The molecule has 0 atom stereocenters. The van der Waals surface area contributed by atoms with E-state index in [9.17, 15) is 0 Å². The Morgan fingerprint density at radius 2 is 0.656 bits per heavy atom. The van der Waals surface area contributed by atoms with Crippen molar-refractivity contribution in [2.45, 2.75) is 123 Å². The molecule has 0 heterocycles. The van der Waals surface area contributed by atoms with Gasteiger partial charge in [-0.2, -0.15) is 0 Å². The maximum atomic E-state index is 7.00. The molecule has 6 aromatic rings. The molecule has 0 saturated carbocycles. The topological polar surface area (TPSA) is 55.4 Å². The summed E-state index contributed by atoms with van der Waals surface area (Å²) in [6.07, 6.45) is 0. The number of methoxy groups -OCH3 is 3. The molecule has 0 amide bonds. The minimum atomic E-state index is -1.04. The van der Waals surface area contributed by atoms with Crippen LogP contribution >= 0.6 is 0 Å². The molecule has 0 aliphatic heterocycles. The average Bonchev–Trinajstić information content (AvgIpc) is 3.22. The van der Waals surface area contributed by atoms with Gasteiger partial charge in [0.05, 0.1) is 21.3 Å². The van der Waals surface area contributed by atoms with Crippen molar-refractivity contribution in [2.24, 2.45) is 0 Å². The van der Waals surface area contributed by atoms with E-state index in [0.29, 0.717) is 11.5 Å². The Morgan fingerprint density at radius 3 is 0.953 bits per heavy atom. The lowest BCUT2D eigenvalue weighted by Crippen LogP contribution is -2.38. The zero-order valence-corrected chi connectivity index (χ0v) is 42.3. The van der Waals surface area contributed by atoms with Crippen molar-refractivity contribution in [3.8, 4) is 45.6 Å². The third-order valence-corrected chi connectivity index (χ3v) is 11.8. The first kappa shape index (κ1) is 50.8. The Hall–Kier alpha value is -5.82. The van der Waals surface area contributed by atoms with E-state index >= 15 is 0 Å². The molecule has 0 fully saturated rings. The summed E-state index contributed by atoms with van der Waals surface area (Å²) in [7, 11) is 4.11. The second kappa shape index (κ2) is 22.7. The van der Waals surface area contributed by atoms with Crippen LogP contribution < -0.4 is 28.2 Å². The molecule has 0 unspecified atom stereocenters. The first-order chi connectivity index (χ1) is 30.2. The standard InChI is InChI=1S/C39H49BO4.2C9H12O/c1-22(2)32-20-26(7)30(11)36(38(32)41-13)37-31(12)27(8)21-33(23(3)4)39(37)44-40(42-34-16-14-24(5)18-28(34)9)43-35-17-15-25(6)19-29(35)10;2*1-7-4-5-9(10-3)8(2)6-7/h14-23H,1-13H3;2*4-6H,1-3H3. The van der Waals surface area contributed by atoms with Gasteiger partial charge in [-0.3, -0.25) is 0 Å². The summed E-state index contributed by atoms with van der Waals surface area (Å²) in [5.41, 5.74) is 18.4. The van der Waals surface area contributed by atoms with Gasteiger partial charge >= 0.3 is 7.32 Å². The van der Waals surface area contributed by atoms with Gasteiger partial charge in [0.2, 0.25) is 0 Å². The lowest BCUT2D eigenvalue weighted by Gasteiger charge is -2.28. The summed E-state index contributed by atoms with van der Waals surface area (Å²) in [6, 6.07) is 29.1. The first-order valence-electron chi connectivity index (χ1n) is 22.4. The van der Waals surface area contributed by atoms with Crippen molar-refractivity contribution in [1.29, 1.82) is 0 Å². The van der Waals surface area contributed by atoms with Gasteiger partial charge in [-0.1, -0.05) is 111 Å². The van der Waals surface area contributed by atoms with Gasteiger partial charge in [-0.25, -0.2) is 0 Å². The maximum Gasteiger partial charge on any atom is 0.864 e. The number of rotatable bonds is 12. The van der Waals surface area contributed by atoms with Gasteiger partial charge in [-0.15, -0.1) is 0 Å². The van der Waals surface area contributed by atoms with Crippen LogP contribution in [-0.2, 0) is 0 Å². The van der Waals surface area contributed by atoms with Crippen LogP contribution in [0.4, 0.5) is 0 Å². The summed E-state index contributed by atoms with van der Waals surface area (Å²) in [4.78, 5) is 0. The smallest absolute Gasteiger partial charge is 0.496 e. The molecule has 0 radical (unpaired) electrons. The van der Waals surface area contributed by atoms with Crippen molar-refractivity contribution in [2.75, 3.05) is 21.3 Å². The van der Waals surface area contributed by atoms with Crippen LogP contribution in [0.25, 0.3) is 11.1 Å². The third kappa shape index (κ3) is 12.7. The van der Waals surface area contributed by atoms with Crippen LogP contribution in [0.1, 0.15) is 117 Å². The summed E-state index contributed by atoms with van der Waals surface area (Å²) in [5, 5.41) is 0. The van der Waals surface area contributed by atoms with Gasteiger partial charge in [0, 0.05) is 11.1 Å². The Kier molecular flexibility index (Phi) is 18.0. The second-order valence-corrected chi connectivity index (χ2v) is 17.9. The molecular weight excluding hydrogens is 791 g/mol.